The van der Waals surface area contributed by atoms with Gasteiger partial charge in [-0.3, -0.25) is 9.78 Å². The van der Waals surface area contributed by atoms with Crippen LogP contribution >= 0.6 is 0 Å². The molecule has 0 aliphatic heterocycles. The fraction of sp³-hybridized carbons (Fsp3) is 0.300. The smallest absolute Gasteiger partial charge is 0.239 e. The molecular formula is C20H20N4O2. The summed E-state index contributed by atoms with van der Waals surface area (Å²) in [4.78, 5) is 21.2. The highest BCUT2D eigenvalue weighted by atomic mass is 16.5. The predicted molar refractivity (Wildman–Crippen MR) is 96.2 cm³/mol. The molecule has 6 heteroatoms. The van der Waals surface area contributed by atoms with Gasteiger partial charge >= 0.3 is 0 Å². The van der Waals surface area contributed by atoms with Crippen molar-refractivity contribution < 1.29 is 9.32 Å². The number of hydrogen-bond donors (Lipinski definition) is 1. The van der Waals surface area contributed by atoms with E-state index in [0.29, 0.717) is 24.2 Å². The van der Waals surface area contributed by atoms with Gasteiger partial charge in [-0.2, -0.15) is 4.98 Å². The Morgan fingerprint density at radius 2 is 2.08 bits per heavy atom. The molecule has 0 radical (unpaired) electrons. The Kier molecular flexibility index (Phi) is 4.48. The molecular weight excluding hydrogens is 328 g/mol. The lowest BCUT2D eigenvalue weighted by Gasteiger charge is -2.08. The lowest BCUT2D eigenvalue weighted by molar-refractivity contribution is -0.122. The van der Waals surface area contributed by atoms with E-state index in [1.54, 1.807) is 13.1 Å². The second-order valence-electron chi connectivity index (χ2n) is 6.62. The van der Waals surface area contributed by atoms with Crippen LogP contribution in [0.3, 0.4) is 0 Å². The summed E-state index contributed by atoms with van der Waals surface area (Å²) in [6.07, 6.45) is 4.15. The molecule has 2 heterocycles. The van der Waals surface area contributed by atoms with Crippen molar-refractivity contribution in [2.24, 2.45) is 0 Å². The lowest BCUT2D eigenvalue weighted by atomic mass is 10.1. The van der Waals surface area contributed by atoms with Crippen LogP contribution in [0, 0.1) is 0 Å². The maximum atomic E-state index is 12.4. The normalized spacial score (nSPS) is 14.8. The van der Waals surface area contributed by atoms with Crippen molar-refractivity contribution in [3.8, 4) is 11.4 Å². The zero-order valence-electron chi connectivity index (χ0n) is 14.6. The summed E-state index contributed by atoms with van der Waals surface area (Å²) in [5, 5.41) is 6.94. The van der Waals surface area contributed by atoms with Gasteiger partial charge in [-0.05, 0) is 37.5 Å². The number of hydrogen-bond acceptors (Lipinski definition) is 5. The topological polar surface area (TPSA) is 80.9 Å². The second kappa shape index (κ2) is 7.07. The van der Waals surface area contributed by atoms with Gasteiger partial charge in [0, 0.05) is 29.9 Å². The van der Waals surface area contributed by atoms with E-state index in [0.717, 1.165) is 16.8 Å². The summed E-state index contributed by atoms with van der Waals surface area (Å²) in [5.41, 5.74) is 2.99. The largest absolute Gasteiger partial charge is 0.351 e. The average Bonchev–Trinajstić information content (AvgIpc) is 3.43. The summed E-state index contributed by atoms with van der Waals surface area (Å²) in [7, 11) is 0. The number of benzene rings is 1. The molecule has 1 fully saturated rings. The summed E-state index contributed by atoms with van der Waals surface area (Å²) in [5.74, 6) is 0.716. The van der Waals surface area contributed by atoms with Gasteiger partial charge in [-0.15, -0.1) is 0 Å². The molecule has 1 N–H and O–H groups in total. The fourth-order valence-corrected chi connectivity index (χ4v) is 2.77. The van der Waals surface area contributed by atoms with Crippen molar-refractivity contribution in [3.63, 3.8) is 0 Å². The minimum absolute atomic E-state index is 0.141. The van der Waals surface area contributed by atoms with E-state index in [2.05, 4.69) is 20.4 Å². The van der Waals surface area contributed by atoms with Crippen molar-refractivity contribution in [2.45, 2.75) is 38.1 Å². The molecule has 0 saturated heterocycles. The fourth-order valence-electron chi connectivity index (χ4n) is 2.77. The monoisotopic (exact) mass is 348 g/mol. The first-order valence-corrected chi connectivity index (χ1v) is 8.82. The molecule has 0 spiro atoms. The molecule has 3 aromatic rings. The minimum Gasteiger partial charge on any atom is -0.351 e. The molecule has 6 nitrogen and oxygen atoms in total. The minimum atomic E-state index is -0.510. The third kappa shape index (κ3) is 3.64. The number of nitrogens with zero attached hydrogens (tertiary/aromatic N) is 3. The van der Waals surface area contributed by atoms with E-state index < -0.39 is 5.92 Å². The van der Waals surface area contributed by atoms with Gasteiger partial charge in [0.05, 0.1) is 0 Å². The number of rotatable bonds is 6. The number of aromatic nitrogens is 3. The van der Waals surface area contributed by atoms with Gasteiger partial charge in [0.25, 0.3) is 0 Å². The van der Waals surface area contributed by atoms with E-state index in [4.69, 9.17) is 4.52 Å². The van der Waals surface area contributed by atoms with Gasteiger partial charge < -0.3 is 9.84 Å². The van der Waals surface area contributed by atoms with Crippen LogP contribution in [-0.4, -0.2) is 21.0 Å². The summed E-state index contributed by atoms with van der Waals surface area (Å²) in [6, 6.07) is 13.6. The van der Waals surface area contributed by atoms with Gasteiger partial charge in [0.15, 0.2) is 0 Å². The van der Waals surface area contributed by atoms with Crippen molar-refractivity contribution in [1.29, 1.82) is 0 Å². The average molecular weight is 348 g/mol. The Morgan fingerprint density at radius 1 is 1.27 bits per heavy atom. The van der Waals surface area contributed by atoms with Crippen LogP contribution in [0.5, 0.6) is 0 Å². The van der Waals surface area contributed by atoms with Crippen molar-refractivity contribution >= 4 is 5.91 Å². The summed E-state index contributed by atoms with van der Waals surface area (Å²) < 4.78 is 5.33. The molecule has 2 aromatic heterocycles. The Hall–Kier alpha value is -3.02. The highest BCUT2D eigenvalue weighted by molar-refractivity contribution is 5.82. The molecule has 1 aromatic carbocycles. The molecule has 1 atom stereocenters. The van der Waals surface area contributed by atoms with Crippen molar-refractivity contribution in [1.82, 2.24) is 20.4 Å². The van der Waals surface area contributed by atoms with E-state index in [9.17, 15) is 4.79 Å². The molecule has 1 aliphatic carbocycles. The van der Waals surface area contributed by atoms with Gasteiger partial charge in [-0.1, -0.05) is 35.5 Å². The highest BCUT2D eigenvalue weighted by Crippen LogP contribution is 2.39. The third-order valence-corrected chi connectivity index (χ3v) is 4.55. The van der Waals surface area contributed by atoms with E-state index in [-0.39, 0.29) is 5.91 Å². The summed E-state index contributed by atoms with van der Waals surface area (Å²) in [6.45, 7) is 2.24. The molecule has 0 bridgehead atoms. The van der Waals surface area contributed by atoms with Crippen LogP contribution in [0.25, 0.3) is 11.4 Å². The zero-order chi connectivity index (χ0) is 17.9. The Bertz CT molecular complexity index is 903. The number of carbonyl (C=O) groups excluding carboxylic acids is 1. The number of carbonyl (C=O) groups is 1. The first-order valence-electron chi connectivity index (χ1n) is 8.82. The second-order valence-corrected chi connectivity index (χ2v) is 6.62. The number of amides is 1. The zero-order valence-corrected chi connectivity index (χ0v) is 14.6. The third-order valence-electron chi connectivity index (χ3n) is 4.55. The Balaban J connectivity index is 1.43. The Labute approximate surface area is 151 Å². The van der Waals surface area contributed by atoms with Crippen LogP contribution in [0.15, 0.2) is 53.2 Å². The number of nitrogens with one attached hydrogen (secondary N) is 1. The molecule has 1 aliphatic rings. The van der Waals surface area contributed by atoms with Gasteiger partial charge in [0.1, 0.15) is 5.92 Å². The first-order chi connectivity index (χ1) is 12.7. The van der Waals surface area contributed by atoms with E-state index >= 15 is 0 Å². The van der Waals surface area contributed by atoms with Gasteiger partial charge in [0.2, 0.25) is 17.6 Å². The van der Waals surface area contributed by atoms with Crippen molar-refractivity contribution in [2.75, 3.05) is 0 Å². The van der Waals surface area contributed by atoms with Crippen LogP contribution in [0.1, 0.15) is 48.7 Å². The maximum absolute atomic E-state index is 12.4. The highest BCUT2D eigenvalue weighted by Gasteiger charge is 2.26. The molecule has 26 heavy (non-hydrogen) atoms. The van der Waals surface area contributed by atoms with Crippen LogP contribution in [-0.2, 0) is 11.3 Å². The van der Waals surface area contributed by atoms with Gasteiger partial charge in [-0.25, -0.2) is 0 Å². The molecule has 1 unspecified atom stereocenters. The first kappa shape index (κ1) is 16.4. The molecule has 132 valence electrons. The molecule has 1 amide bonds. The molecule has 4 rings (SSSR count). The molecule has 1 saturated carbocycles. The van der Waals surface area contributed by atoms with Crippen LogP contribution in [0.2, 0.25) is 0 Å². The number of pyridine rings is 1. The van der Waals surface area contributed by atoms with Crippen LogP contribution < -0.4 is 5.32 Å². The standard InChI is InChI=1S/C20H20N4O2/c1-13(19(25)22-12-14-5-3-2-4-6-14)20-23-18(24-26-20)16-9-10-21-17(11-16)15-7-8-15/h2-6,9-11,13,15H,7-8,12H2,1H3,(H,22,25). The quantitative estimate of drug-likeness (QED) is 0.738. The van der Waals surface area contributed by atoms with E-state index in [1.807, 2.05) is 42.5 Å². The van der Waals surface area contributed by atoms with Crippen LogP contribution in [0.4, 0.5) is 0 Å². The summed E-state index contributed by atoms with van der Waals surface area (Å²) >= 11 is 0. The Morgan fingerprint density at radius 3 is 2.85 bits per heavy atom. The van der Waals surface area contributed by atoms with Crippen molar-refractivity contribution in [3.05, 3.63) is 65.8 Å². The SMILES string of the molecule is CC(C(=O)NCc1ccccc1)c1nc(-c2ccnc(C3CC3)c2)no1. The lowest BCUT2D eigenvalue weighted by Crippen LogP contribution is -2.27. The van der Waals surface area contributed by atoms with E-state index in [1.165, 1.54) is 12.8 Å². The predicted octanol–water partition coefficient (Wildman–Crippen LogP) is 3.43. The maximum Gasteiger partial charge on any atom is 0.239 e.